The normalized spacial score (nSPS) is 19.3. The molecule has 0 spiro atoms. The molecule has 0 radical (unpaired) electrons. The minimum Gasteiger partial charge on any atom is -0.363 e. The van der Waals surface area contributed by atoms with Crippen molar-refractivity contribution in [3.63, 3.8) is 0 Å². The van der Waals surface area contributed by atoms with Crippen LogP contribution in [0, 0.1) is 0 Å². The van der Waals surface area contributed by atoms with Crippen molar-refractivity contribution in [1.29, 1.82) is 0 Å². The highest BCUT2D eigenvalue weighted by atomic mass is 16.1. The van der Waals surface area contributed by atoms with E-state index in [0.717, 1.165) is 31.7 Å². The summed E-state index contributed by atoms with van der Waals surface area (Å²) in [4.78, 5) is 18.2. The predicted molar refractivity (Wildman–Crippen MR) is 71.9 cm³/mol. The van der Waals surface area contributed by atoms with Gasteiger partial charge < -0.3 is 15.5 Å². The summed E-state index contributed by atoms with van der Waals surface area (Å²) in [5, 5.41) is 6.34. The van der Waals surface area contributed by atoms with Gasteiger partial charge in [-0.3, -0.25) is 4.79 Å². The first-order valence-electron chi connectivity index (χ1n) is 6.32. The molecule has 0 saturated carbocycles. The first kappa shape index (κ1) is 12.8. The van der Waals surface area contributed by atoms with Gasteiger partial charge in [0.05, 0.1) is 0 Å². The van der Waals surface area contributed by atoms with Gasteiger partial charge >= 0.3 is 0 Å². The highest BCUT2D eigenvalue weighted by Gasteiger charge is 2.16. The molecule has 2 rings (SSSR count). The van der Waals surface area contributed by atoms with E-state index in [1.165, 1.54) is 0 Å². The quantitative estimate of drug-likeness (QED) is 0.824. The summed E-state index contributed by atoms with van der Waals surface area (Å²) < 4.78 is 0. The number of rotatable bonds is 3. The van der Waals surface area contributed by atoms with Crippen LogP contribution in [0.1, 0.15) is 23.2 Å². The van der Waals surface area contributed by atoms with Crippen LogP contribution in [0.5, 0.6) is 0 Å². The van der Waals surface area contributed by atoms with Crippen molar-refractivity contribution in [3.8, 4) is 0 Å². The second-order valence-corrected chi connectivity index (χ2v) is 4.81. The molecule has 1 aromatic rings. The summed E-state index contributed by atoms with van der Waals surface area (Å²) >= 11 is 0. The molecule has 0 unspecified atom stereocenters. The van der Waals surface area contributed by atoms with Crippen molar-refractivity contribution < 1.29 is 4.79 Å². The first-order chi connectivity index (χ1) is 8.66. The van der Waals surface area contributed by atoms with E-state index in [2.05, 4.69) is 15.6 Å². The van der Waals surface area contributed by atoms with E-state index in [1.54, 1.807) is 12.3 Å². The third-order valence-electron chi connectivity index (χ3n) is 3.10. The molecule has 1 aliphatic rings. The average Bonchev–Trinajstić information content (AvgIpc) is 2.40. The van der Waals surface area contributed by atoms with E-state index >= 15 is 0 Å². The van der Waals surface area contributed by atoms with Crippen LogP contribution in [0.25, 0.3) is 0 Å². The summed E-state index contributed by atoms with van der Waals surface area (Å²) in [7, 11) is 3.82. The fourth-order valence-electron chi connectivity index (χ4n) is 2.05. The van der Waals surface area contributed by atoms with Gasteiger partial charge in [-0.2, -0.15) is 0 Å². The number of carbonyl (C=O) groups is 1. The molecule has 1 aliphatic heterocycles. The Morgan fingerprint density at radius 3 is 3.06 bits per heavy atom. The second kappa shape index (κ2) is 5.82. The Morgan fingerprint density at radius 2 is 2.39 bits per heavy atom. The monoisotopic (exact) mass is 248 g/mol. The van der Waals surface area contributed by atoms with E-state index in [0.29, 0.717) is 5.56 Å². The molecule has 0 aliphatic carbocycles. The largest absolute Gasteiger partial charge is 0.363 e. The van der Waals surface area contributed by atoms with Crippen LogP contribution in [0.4, 0.5) is 5.82 Å². The lowest BCUT2D eigenvalue weighted by Gasteiger charge is -2.24. The molecule has 1 amide bonds. The number of hydrogen-bond acceptors (Lipinski definition) is 4. The lowest BCUT2D eigenvalue weighted by atomic mass is 10.1. The lowest BCUT2D eigenvalue weighted by Crippen LogP contribution is -2.45. The van der Waals surface area contributed by atoms with Gasteiger partial charge in [-0.1, -0.05) is 0 Å². The number of pyridine rings is 1. The van der Waals surface area contributed by atoms with Crippen molar-refractivity contribution in [1.82, 2.24) is 15.6 Å². The van der Waals surface area contributed by atoms with Gasteiger partial charge in [0.1, 0.15) is 5.82 Å². The maximum Gasteiger partial charge on any atom is 0.251 e. The van der Waals surface area contributed by atoms with Crippen LogP contribution >= 0.6 is 0 Å². The van der Waals surface area contributed by atoms with E-state index in [9.17, 15) is 4.79 Å². The van der Waals surface area contributed by atoms with Gasteiger partial charge in [-0.05, 0) is 31.5 Å². The Bertz CT molecular complexity index is 413. The third kappa shape index (κ3) is 3.20. The molecule has 1 aromatic heterocycles. The topological polar surface area (TPSA) is 57.3 Å². The summed E-state index contributed by atoms with van der Waals surface area (Å²) in [6.07, 6.45) is 3.83. The number of anilines is 1. The van der Waals surface area contributed by atoms with Crippen LogP contribution in [0.15, 0.2) is 18.3 Å². The molecule has 1 fully saturated rings. The molecule has 18 heavy (non-hydrogen) atoms. The minimum atomic E-state index is -0.0193. The molecule has 5 heteroatoms. The molecule has 1 atom stereocenters. The Balaban J connectivity index is 2.01. The maximum atomic E-state index is 12.1. The molecule has 98 valence electrons. The summed E-state index contributed by atoms with van der Waals surface area (Å²) in [5.74, 6) is 0.776. The van der Waals surface area contributed by atoms with Gasteiger partial charge in [-0.25, -0.2) is 4.98 Å². The van der Waals surface area contributed by atoms with Crippen LogP contribution in [-0.2, 0) is 0 Å². The zero-order valence-corrected chi connectivity index (χ0v) is 10.9. The Morgan fingerprint density at radius 1 is 1.56 bits per heavy atom. The average molecular weight is 248 g/mol. The van der Waals surface area contributed by atoms with E-state index in [-0.39, 0.29) is 11.9 Å². The Kier molecular flexibility index (Phi) is 4.15. The van der Waals surface area contributed by atoms with Gasteiger partial charge in [0.2, 0.25) is 0 Å². The standard InChI is InChI=1S/C13H20N4O/c1-17(2)12-8-10(5-7-15-12)13(18)16-11-4-3-6-14-9-11/h5,7-8,11,14H,3-4,6,9H2,1-2H3,(H,16,18)/t11-/m0/s1. The highest BCUT2D eigenvalue weighted by molar-refractivity contribution is 5.95. The van der Waals surface area contributed by atoms with Gasteiger partial charge in [0, 0.05) is 38.4 Å². The lowest BCUT2D eigenvalue weighted by molar-refractivity contribution is 0.0930. The highest BCUT2D eigenvalue weighted by Crippen LogP contribution is 2.10. The van der Waals surface area contributed by atoms with E-state index in [1.807, 2.05) is 25.1 Å². The van der Waals surface area contributed by atoms with Crippen molar-refractivity contribution in [2.45, 2.75) is 18.9 Å². The smallest absolute Gasteiger partial charge is 0.251 e. The Hall–Kier alpha value is -1.62. The number of nitrogens with one attached hydrogen (secondary N) is 2. The molecule has 5 nitrogen and oxygen atoms in total. The predicted octanol–water partition coefficient (Wildman–Crippen LogP) is 0.629. The molecular weight excluding hydrogens is 228 g/mol. The number of aromatic nitrogens is 1. The van der Waals surface area contributed by atoms with Crippen molar-refractivity contribution in [3.05, 3.63) is 23.9 Å². The number of piperidine rings is 1. The van der Waals surface area contributed by atoms with Gasteiger partial charge in [0.15, 0.2) is 0 Å². The zero-order chi connectivity index (χ0) is 13.0. The molecule has 2 N–H and O–H groups in total. The first-order valence-corrected chi connectivity index (χ1v) is 6.32. The van der Waals surface area contributed by atoms with Gasteiger partial charge in [-0.15, -0.1) is 0 Å². The number of carbonyl (C=O) groups excluding carboxylic acids is 1. The van der Waals surface area contributed by atoms with Crippen LogP contribution in [0.3, 0.4) is 0 Å². The number of amides is 1. The molecule has 0 aromatic carbocycles. The fraction of sp³-hybridized carbons (Fsp3) is 0.538. The van der Waals surface area contributed by atoms with Gasteiger partial charge in [0.25, 0.3) is 5.91 Å². The summed E-state index contributed by atoms with van der Waals surface area (Å²) in [6, 6.07) is 3.80. The van der Waals surface area contributed by atoms with Crippen LogP contribution in [0.2, 0.25) is 0 Å². The zero-order valence-electron chi connectivity index (χ0n) is 10.9. The van der Waals surface area contributed by atoms with E-state index < -0.39 is 0 Å². The molecule has 2 heterocycles. The maximum absolute atomic E-state index is 12.1. The summed E-state index contributed by atoms with van der Waals surface area (Å²) in [6.45, 7) is 1.91. The number of hydrogen-bond donors (Lipinski definition) is 2. The molecular formula is C13H20N4O. The molecule has 1 saturated heterocycles. The van der Waals surface area contributed by atoms with Crippen molar-refractivity contribution >= 4 is 11.7 Å². The van der Waals surface area contributed by atoms with Crippen LogP contribution in [-0.4, -0.2) is 44.1 Å². The second-order valence-electron chi connectivity index (χ2n) is 4.81. The fourth-order valence-corrected chi connectivity index (χ4v) is 2.05. The van der Waals surface area contributed by atoms with Crippen molar-refractivity contribution in [2.75, 3.05) is 32.1 Å². The molecule has 0 bridgehead atoms. The Labute approximate surface area is 108 Å². The summed E-state index contributed by atoms with van der Waals surface area (Å²) in [5.41, 5.74) is 0.666. The third-order valence-corrected chi connectivity index (χ3v) is 3.10. The van der Waals surface area contributed by atoms with E-state index in [4.69, 9.17) is 0 Å². The SMILES string of the molecule is CN(C)c1cc(C(=O)N[C@H]2CCCNC2)ccn1. The number of nitrogens with zero attached hydrogens (tertiary/aromatic N) is 2. The minimum absolute atomic E-state index is 0.0193. The van der Waals surface area contributed by atoms with Crippen LogP contribution < -0.4 is 15.5 Å². The van der Waals surface area contributed by atoms with Crippen molar-refractivity contribution in [2.24, 2.45) is 0 Å².